The van der Waals surface area contributed by atoms with Gasteiger partial charge < -0.3 is 4.74 Å². The van der Waals surface area contributed by atoms with Crippen LogP contribution in [0.15, 0.2) is 18.2 Å². The molecule has 1 fully saturated rings. The molecule has 4 heteroatoms. The molecule has 0 unspecified atom stereocenters. The van der Waals surface area contributed by atoms with Crippen LogP contribution in [0.5, 0.6) is 5.75 Å². The van der Waals surface area contributed by atoms with Gasteiger partial charge in [-0.1, -0.05) is 19.1 Å². The largest absolute Gasteiger partial charge is 0.493 e. The lowest BCUT2D eigenvalue weighted by Crippen LogP contribution is -2.32. The number of fused-ring (bicyclic) bond motifs is 1. The van der Waals surface area contributed by atoms with Gasteiger partial charge >= 0.3 is 0 Å². The number of rotatable bonds is 3. The molecule has 2 amide bonds. The van der Waals surface area contributed by atoms with Crippen LogP contribution in [0, 0.1) is 5.92 Å². The molecule has 1 aromatic rings. The number of nitrogens with zero attached hydrogens (tertiary/aromatic N) is 1. The summed E-state index contributed by atoms with van der Waals surface area (Å²) in [6, 6.07) is 6.11. The second-order valence-electron chi connectivity index (χ2n) is 5.28. The van der Waals surface area contributed by atoms with Crippen LogP contribution < -0.4 is 4.74 Å². The highest BCUT2D eigenvalue weighted by Gasteiger charge is 2.34. The van der Waals surface area contributed by atoms with E-state index < -0.39 is 0 Å². The molecule has 0 bridgehead atoms. The first-order valence-corrected chi connectivity index (χ1v) is 6.74. The molecule has 0 N–H and O–H groups in total. The van der Waals surface area contributed by atoms with E-state index >= 15 is 0 Å². The molecule has 3 rings (SSSR count). The van der Waals surface area contributed by atoms with Gasteiger partial charge in [0.25, 0.3) is 0 Å². The summed E-state index contributed by atoms with van der Waals surface area (Å²) < 4.78 is 5.46. The molecule has 0 aliphatic carbocycles. The summed E-state index contributed by atoms with van der Waals surface area (Å²) in [7, 11) is 0. The average Bonchev–Trinajstić information content (AvgIpc) is 2.94. The molecule has 1 atom stereocenters. The Morgan fingerprint density at radius 1 is 1.37 bits per heavy atom. The Morgan fingerprint density at radius 2 is 2.21 bits per heavy atom. The molecule has 1 saturated heterocycles. The fourth-order valence-corrected chi connectivity index (χ4v) is 2.72. The van der Waals surface area contributed by atoms with Crippen LogP contribution in [-0.4, -0.2) is 29.9 Å². The minimum atomic E-state index is -0.152. The first-order chi connectivity index (χ1) is 9.15. The average molecular weight is 259 g/mol. The number of likely N-dealkylation sites (tertiary alicyclic amines) is 1. The molecule has 0 aromatic heterocycles. The van der Waals surface area contributed by atoms with Crippen molar-refractivity contribution in [2.24, 2.45) is 5.92 Å². The monoisotopic (exact) mass is 259 g/mol. The molecule has 19 heavy (non-hydrogen) atoms. The molecule has 0 radical (unpaired) electrons. The molecule has 2 heterocycles. The van der Waals surface area contributed by atoms with Crippen LogP contribution in [0.25, 0.3) is 0 Å². The molecule has 0 saturated carbocycles. The first-order valence-electron chi connectivity index (χ1n) is 6.74. The van der Waals surface area contributed by atoms with Crippen LogP contribution in [0.3, 0.4) is 0 Å². The van der Waals surface area contributed by atoms with Gasteiger partial charge in [-0.25, -0.2) is 0 Å². The molecule has 100 valence electrons. The van der Waals surface area contributed by atoms with Crippen molar-refractivity contribution >= 4 is 11.8 Å². The van der Waals surface area contributed by atoms with E-state index in [1.807, 2.05) is 19.1 Å². The maximum atomic E-state index is 11.8. The minimum absolute atomic E-state index is 0.0329. The summed E-state index contributed by atoms with van der Waals surface area (Å²) in [5.41, 5.74) is 2.38. The van der Waals surface area contributed by atoms with Crippen molar-refractivity contribution in [3.05, 3.63) is 29.3 Å². The van der Waals surface area contributed by atoms with E-state index in [0.717, 1.165) is 30.8 Å². The fraction of sp³-hybridized carbons (Fsp3) is 0.467. The van der Waals surface area contributed by atoms with E-state index in [9.17, 15) is 9.59 Å². The maximum Gasteiger partial charge on any atom is 0.232 e. The Balaban J connectivity index is 1.66. The van der Waals surface area contributed by atoms with Gasteiger partial charge in [-0.2, -0.15) is 0 Å². The summed E-state index contributed by atoms with van der Waals surface area (Å²) in [6.45, 7) is 3.05. The van der Waals surface area contributed by atoms with Gasteiger partial charge in [0.05, 0.1) is 6.61 Å². The normalized spacial score (nSPS) is 21.7. The number of hydrogen-bond acceptors (Lipinski definition) is 3. The van der Waals surface area contributed by atoms with Gasteiger partial charge in [0, 0.05) is 25.3 Å². The van der Waals surface area contributed by atoms with E-state index in [1.54, 1.807) is 0 Å². The van der Waals surface area contributed by atoms with Crippen molar-refractivity contribution in [3.8, 4) is 5.75 Å². The van der Waals surface area contributed by atoms with E-state index in [4.69, 9.17) is 4.74 Å². The summed E-state index contributed by atoms with van der Waals surface area (Å²) in [6.07, 6.45) is 2.02. The van der Waals surface area contributed by atoms with Crippen LogP contribution in [-0.2, 0) is 22.4 Å². The predicted octanol–water partition coefficient (Wildman–Crippen LogP) is 1.56. The Kier molecular flexibility index (Phi) is 3.01. The number of benzene rings is 1. The lowest BCUT2D eigenvalue weighted by molar-refractivity contribution is -0.139. The lowest BCUT2D eigenvalue weighted by atomic mass is 10.1. The van der Waals surface area contributed by atoms with Gasteiger partial charge in [-0.15, -0.1) is 0 Å². The number of carbonyl (C=O) groups is 2. The summed E-state index contributed by atoms with van der Waals surface area (Å²) in [5.74, 6) is 0.739. The molecule has 0 spiro atoms. The highest BCUT2D eigenvalue weighted by atomic mass is 16.5. The molecule has 2 aliphatic rings. The second-order valence-corrected chi connectivity index (χ2v) is 5.28. The zero-order valence-corrected chi connectivity index (χ0v) is 11.0. The minimum Gasteiger partial charge on any atom is -0.493 e. The number of hydrogen-bond donors (Lipinski definition) is 0. The van der Waals surface area contributed by atoms with Crippen molar-refractivity contribution in [1.29, 1.82) is 0 Å². The molecule has 2 aliphatic heterocycles. The van der Waals surface area contributed by atoms with Gasteiger partial charge in [0.2, 0.25) is 11.8 Å². The third-order valence-electron chi connectivity index (χ3n) is 3.85. The van der Waals surface area contributed by atoms with E-state index in [2.05, 4.69) is 6.07 Å². The number of imide groups is 1. The van der Waals surface area contributed by atoms with Crippen LogP contribution >= 0.6 is 0 Å². The Morgan fingerprint density at radius 3 is 2.95 bits per heavy atom. The van der Waals surface area contributed by atoms with Crippen molar-refractivity contribution in [2.45, 2.75) is 26.2 Å². The van der Waals surface area contributed by atoms with Crippen molar-refractivity contribution in [2.75, 3.05) is 13.2 Å². The standard InChI is InChI=1S/C15H17NO3/c1-10-8-14(17)16(15(10)18)6-4-11-2-3-13-12(9-11)5-7-19-13/h2-3,9-10H,4-8H2,1H3/t10-/m1/s1. The third kappa shape index (κ3) is 2.23. The lowest BCUT2D eigenvalue weighted by Gasteiger charge is -2.14. The SMILES string of the molecule is C[C@@H]1CC(=O)N(CCc2ccc3c(c2)CCO3)C1=O. The van der Waals surface area contributed by atoms with E-state index in [1.165, 1.54) is 10.5 Å². The van der Waals surface area contributed by atoms with Crippen molar-refractivity contribution in [1.82, 2.24) is 4.90 Å². The molecule has 1 aromatic carbocycles. The van der Waals surface area contributed by atoms with Gasteiger partial charge in [0.15, 0.2) is 0 Å². The highest BCUT2D eigenvalue weighted by Crippen LogP contribution is 2.26. The first kappa shape index (κ1) is 12.2. The highest BCUT2D eigenvalue weighted by molar-refractivity contribution is 6.03. The Labute approximate surface area is 112 Å². The van der Waals surface area contributed by atoms with Crippen molar-refractivity contribution < 1.29 is 14.3 Å². The van der Waals surface area contributed by atoms with Gasteiger partial charge in [-0.05, 0) is 23.6 Å². The zero-order valence-electron chi connectivity index (χ0n) is 11.0. The third-order valence-corrected chi connectivity index (χ3v) is 3.85. The zero-order chi connectivity index (χ0) is 13.4. The van der Waals surface area contributed by atoms with Gasteiger partial charge in [0.1, 0.15) is 5.75 Å². The number of carbonyl (C=O) groups excluding carboxylic acids is 2. The number of ether oxygens (including phenoxy) is 1. The maximum absolute atomic E-state index is 11.8. The summed E-state index contributed by atoms with van der Waals surface area (Å²) >= 11 is 0. The van der Waals surface area contributed by atoms with E-state index in [0.29, 0.717) is 13.0 Å². The summed E-state index contributed by atoms with van der Waals surface area (Å²) in [5, 5.41) is 0. The van der Waals surface area contributed by atoms with Crippen LogP contribution in [0.1, 0.15) is 24.5 Å². The second kappa shape index (κ2) is 4.68. The number of amides is 2. The van der Waals surface area contributed by atoms with E-state index in [-0.39, 0.29) is 17.7 Å². The Bertz CT molecular complexity index is 538. The van der Waals surface area contributed by atoms with Crippen molar-refractivity contribution in [3.63, 3.8) is 0 Å². The quantitative estimate of drug-likeness (QED) is 0.774. The van der Waals surface area contributed by atoms with Gasteiger partial charge in [-0.3, -0.25) is 14.5 Å². The molecule has 4 nitrogen and oxygen atoms in total. The smallest absolute Gasteiger partial charge is 0.232 e. The summed E-state index contributed by atoms with van der Waals surface area (Å²) in [4.78, 5) is 24.9. The predicted molar refractivity (Wildman–Crippen MR) is 69.8 cm³/mol. The topological polar surface area (TPSA) is 46.6 Å². The van der Waals surface area contributed by atoms with Crippen LogP contribution in [0.2, 0.25) is 0 Å². The van der Waals surface area contributed by atoms with Crippen LogP contribution in [0.4, 0.5) is 0 Å². The molecular weight excluding hydrogens is 242 g/mol. The Hall–Kier alpha value is -1.84. The fourth-order valence-electron chi connectivity index (χ4n) is 2.72. The molecular formula is C15H17NO3.